The Balaban J connectivity index is 1.84. The minimum atomic E-state index is 0.0414. The molecular weight excluding hydrogens is 382 g/mol. The van der Waals surface area contributed by atoms with Crippen LogP contribution in [-0.2, 0) is 4.79 Å². The van der Waals surface area contributed by atoms with Crippen molar-refractivity contribution in [2.45, 2.75) is 20.8 Å². The van der Waals surface area contributed by atoms with Gasteiger partial charge in [0.25, 0.3) is 5.91 Å². The van der Waals surface area contributed by atoms with E-state index in [0.717, 1.165) is 27.1 Å². The molecule has 0 radical (unpaired) electrons. The fourth-order valence-electron chi connectivity index (χ4n) is 3.36. The Hall–Kier alpha value is -2.08. The number of carbonyl (C=O) groups excluding carboxylic acids is 2. The molecule has 2 heterocycles. The molecule has 0 N–H and O–H groups in total. The molecule has 1 saturated heterocycles. The van der Waals surface area contributed by atoms with Gasteiger partial charge in [0.2, 0.25) is 5.91 Å². The highest BCUT2D eigenvalue weighted by Gasteiger charge is 2.26. The Kier molecular flexibility index (Phi) is 4.99. The first-order valence-electron chi connectivity index (χ1n) is 8.38. The van der Waals surface area contributed by atoms with Gasteiger partial charge in [-0.2, -0.15) is 0 Å². The number of hydrogen-bond donors (Lipinski definition) is 0. The molecule has 132 valence electrons. The molecule has 5 nitrogen and oxygen atoms in total. The van der Waals surface area contributed by atoms with Crippen LogP contribution in [0, 0.1) is 13.8 Å². The summed E-state index contributed by atoms with van der Waals surface area (Å²) in [6.07, 6.45) is 0. The summed E-state index contributed by atoms with van der Waals surface area (Å²) in [5.41, 5.74) is 3.75. The third kappa shape index (κ3) is 3.49. The van der Waals surface area contributed by atoms with Crippen molar-refractivity contribution in [1.29, 1.82) is 0 Å². The molecule has 1 aromatic carbocycles. The Morgan fingerprint density at radius 2 is 1.52 bits per heavy atom. The number of aromatic nitrogens is 1. The maximum Gasteiger partial charge on any atom is 0.255 e. The zero-order valence-electron chi connectivity index (χ0n) is 14.8. The molecule has 0 unspecified atom stereocenters. The van der Waals surface area contributed by atoms with E-state index in [4.69, 9.17) is 0 Å². The van der Waals surface area contributed by atoms with Crippen molar-refractivity contribution < 1.29 is 9.59 Å². The van der Waals surface area contributed by atoms with Crippen molar-refractivity contribution in [3.63, 3.8) is 0 Å². The largest absolute Gasteiger partial charge is 0.339 e. The predicted octanol–water partition coefficient (Wildman–Crippen LogP) is 3.16. The van der Waals surface area contributed by atoms with Crippen LogP contribution in [0.2, 0.25) is 0 Å². The molecule has 0 bridgehead atoms. The molecule has 0 saturated carbocycles. The van der Waals surface area contributed by atoms with Crippen LogP contribution < -0.4 is 0 Å². The van der Waals surface area contributed by atoms with E-state index in [1.54, 1.807) is 11.8 Å². The molecule has 6 heteroatoms. The number of aryl methyl sites for hydroxylation is 1. The first-order chi connectivity index (χ1) is 11.9. The van der Waals surface area contributed by atoms with Crippen LogP contribution in [0.15, 0.2) is 34.8 Å². The second-order valence-corrected chi connectivity index (χ2v) is 7.31. The third-order valence-corrected chi connectivity index (χ3v) is 5.29. The Bertz CT molecular complexity index is 803. The number of rotatable bonds is 2. The standard InChI is InChI=1S/C19H22BrN3O2/c1-13-12-18(14(2)23(13)17-6-4-16(20)5-7-17)19(25)22-10-8-21(9-11-22)15(3)24/h4-7,12H,8-11H2,1-3H3. The summed E-state index contributed by atoms with van der Waals surface area (Å²) in [5.74, 6) is 0.111. The van der Waals surface area contributed by atoms with Crippen molar-refractivity contribution in [1.82, 2.24) is 14.4 Å². The van der Waals surface area contributed by atoms with Crippen molar-refractivity contribution in [2.75, 3.05) is 26.2 Å². The van der Waals surface area contributed by atoms with Gasteiger partial charge < -0.3 is 14.4 Å². The van der Waals surface area contributed by atoms with Gasteiger partial charge in [0.05, 0.1) is 5.56 Å². The lowest BCUT2D eigenvalue weighted by Gasteiger charge is -2.34. The van der Waals surface area contributed by atoms with Gasteiger partial charge in [-0.15, -0.1) is 0 Å². The van der Waals surface area contributed by atoms with Crippen LogP contribution in [0.3, 0.4) is 0 Å². The molecule has 1 fully saturated rings. The Labute approximate surface area is 156 Å². The molecule has 0 atom stereocenters. The van der Waals surface area contributed by atoms with E-state index in [-0.39, 0.29) is 11.8 Å². The first kappa shape index (κ1) is 17.7. The van der Waals surface area contributed by atoms with Crippen LogP contribution in [0.4, 0.5) is 0 Å². The SMILES string of the molecule is CC(=O)N1CCN(C(=O)c2cc(C)n(-c3ccc(Br)cc3)c2C)CC1. The topological polar surface area (TPSA) is 45.6 Å². The van der Waals surface area contributed by atoms with Gasteiger partial charge in [-0.3, -0.25) is 9.59 Å². The second kappa shape index (κ2) is 7.04. The van der Waals surface area contributed by atoms with Gasteiger partial charge >= 0.3 is 0 Å². The van der Waals surface area contributed by atoms with Gasteiger partial charge in [0.1, 0.15) is 0 Å². The second-order valence-electron chi connectivity index (χ2n) is 6.39. The van der Waals surface area contributed by atoms with Gasteiger partial charge in [0, 0.05) is 54.7 Å². The van der Waals surface area contributed by atoms with E-state index in [0.29, 0.717) is 26.2 Å². The highest BCUT2D eigenvalue weighted by Crippen LogP contribution is 2.23. The number of hydrogen-bond acceptors (Lipinski definition) is 2. The fourth-order valence-corrected chi connectivity index (χ4v) is 3.63. The summed E-state index contributed by atoms with van der Waals surface area (Å²) in [4.78, 5) is 28.0. The molecule has 3 rings (SSSR count). The average molecular weight is 404 g/mol. The normalized spacial score (nSPS) is 14.7. The summed E-state index contributed by atoms with van der Waals surface area (Å²) < 4.78 is 3.13. The van der Waals surface area contributed by atoms with E-state index >= 15 is 0 Å². The number of nitrogens with zero attached hydrogens (tertiary/aromatic N) is 3. The van der Waals surface area contributed by atoms with Gasteiger partial charge in [0.15, 0.2) is 0 Å². The molecule has 25 heavy (non-hydrogen) atoms. The van der Waals surface area contributed by atoms with Gasteiger partial charge in [-0.25, -0.2) is 0 Å². The lowest BCUT2D eigenvalue weighted by molar-refractivity contribution is -0.130. The molecule has 0 spiro atoms. The zero-order chi connectivity index (χ0) is 18.1. The maximum atomic E-state index is 12.9. The number of piperazine rings is 1. The van der Waals surface area contributed by atoms with Crippen LogP contribution in [0.5, 0.6) is 0 Å². The molecular formula is C19H22BrN3O2. The monoisotopic (exact) mass is 403 g/mol. The van der Waals surface area contributed by atoms with Crippen molar-refractivity contribution in [2.24, 2.45) is 0 Å². The van der Waals surface area contributed by atoms with Crippen LogP contribution >= 0.6 is 15.9 Å². The Morgan fingerprint density at radius 3 is 2.08 bits per heavy atom. The van der Waals surface area contributed by atoms with Crippen molar-refractivity contribution in [3.8, 4) is 5.69 Å². The van der Waals surface area contributed by atoms with Gasteiger partial charge in [-0.05, 0) is 44.2 Å². The minimum Gasteiger partial charge on any atom is -0.339 e. The van der Waals surface area contributed by atoms with Crippen LogP contribution in [0.25, 0.3) is 5.69 Å². The van der Waals surface area contributed by atoms with Crippen molar-refractivity contribution >= 4 is 27.7 Å². The van der Waals surface area contributed by atoms with E-state index in [1.807, 2.05) is 49.1 Å². The molecule has 0 aliphatic carbocycles. The quantitative estimate of drug-likeness (QED) is 0.772. The van der Waals surface area contributed by atoms with Crippen LogP contribution in [-0.4, -0.2) is 52.4 Å². The summed E-state index contributed by atoms with van der Waals surface area (Å²) in [5, 5.41) is 0. The lowest BCUT2D eigenvalue weighted by Crippen LogP contribution is -2.50. The van der Waals surface area contributed by atoms with Gasteiger partial charge in [-0.1, -0.05) is 15.9 Å². The number of benzene rings is 1. The third-order valence-electron chi connectivity index (χ3n) is 4.76. The number of carbonyl (C=O) groups is 2. The highest BCUT2D eigenvalue weighted by molar-refractivity contribution is 9.10. The first-order valence-corrected chi connectivity index (χ1v) is 9.17. The molecule has 1 aliphatic rings. The fraction of sp³-hybridized carbons (Fsp3) is 0.368. The van der Waals surface area contributed by atoms with E-state index in [2.05, 4.69) is 20.5 Å². The lowest BCUT2D eigenvalue weighted by atomic mass is 10.2. The zero-order valence-corrected chi connectivity index (χ0v) is 16.3. The summed E-state index contributed by atoms with van der Waals surface area (Å²) in [7, 11) is 0. The van der Waals surface area contributed by atoms with E-state index < -0.39 is 0 Å². The predicted molar refractivity (Wildman–Crippen MR) is 101 cm³/mol. The molecule has 1 aliphatic heterocycles. The summed E-state index contributed by atoms with van der Waals surface area (Å²) in [6, 6.07) is 10.0. The molecule has 2 aromatic rings. The highest BCUT2D eigenvalue weighted by atomic mass is 79.9. The van der Waals surface area contributed by atoms with E-state index in [9.17, 15) is 9.59 Å². The average Bonchev–Trinajstić information content (AvgIpc) is 2.90. The number of amides is 2. The molecule has 1 aromatic heterocycles. The van der Waals surface area contributed by atoms with E-state index in [1.165, 1.54) is 0 Å². The smallest absolute Gasteiger partial charge is 0.255 e. The maximum absolute atomic E-state index is 12.9. The van der Waals surface area contributed by atoms with Crippen LogP contribution in [0.1, 0.15) is 28.7 Å². The summed E-state index contributed by atoms with van der Waals surface area (Å²) in [6.45, 7) is 7.94. The summed E-state index contributed by atoms with van der Waals surface area (Å²) >= 11 is 3.45. The van der Waals surface area contributed by atoms with Crippen molar-refractivity contribution in [3.05, 3.63) is 51.8 Å². The molecule has 2 amide bonds. The number of halogens is 1. The minimum absolute atomic E-state index is 0.0414. The Morgan fingerprint density at radius 1 is 0.960 bits per heavy atom.